The fourth-order valence-electron chi connectivity index (χ4n) is 1.54. The van der Waals surface area contributed by atoms with Gasteiger partial charge in [0.2, 0.25) is 6.23 Å². The summed E-state index contributed by atoms with van der Waals surface area (Å²) in [6.07, 6.45) is -0.238. The molecule has 1 N–H and O–H groups in total. The summed E-state index contributed by atoms with van der Waals surface area (Å²) in [5, 5.41) is 4.21. The summed E-state index contributed by atoms with van der Waals surface area (Å²) in [5.41, 5.74) is 1.95. The molecule has 0 aromatic heterocycles. The standard InChI is InChI=1S/C13H18N2O2/c1-9-5-7-10(8-6-9)11-15(17-11)12(16)14-13(2,3)4/h5-8,11H,1-4H3,(H,14,16). The monoisotopic (exact) mass is 234 g/mol. The summed E-state index contributed by atoms with van der Waals surface area (Å²) in [6, 6.07) is 7.78. The van der Waals surface area contributed by atoms with Gasteiger partial charge in [-0.3, -0.25) is 0 Å². The zero-order valence-corrected chi connectivity index (χ0v) is 10.7. The normalized spacial score (nSPS) is 19.1. The third-order valence-electron chi connectivity index (χ3n) is 2.43. The number of nitrogens with zero attached hydrogens (tertiary/aromatic N) is 1. The number of carbonyl (C=O) groups excluding carboxylic acids is 1. The van der Waals surface area contributed by atoms with Gasteiger partial charge in [-0.1, -0.05) is 29.8 Å². The molecule has 0 aliphatic carbocycles. The molecule has 1 aliphatic heterocycles. The Kier molecular flexibility index (Phi) is 2.83. The minimum absolute atomic E-state index is 0.192. The van der Waals surface area contributed by atoms with Crippen LogP contribution in [0.3, 0.4) is 0 Å². The minimum Gasteiger partial charge on any atom is -0.332 e. The molecule has 2 amide bonds. The van der Waals surface area contributed by atoms with Gasteiger partial charge in [0.1, 0.15) is 0 Å². The van der Waals surface area contributed by atoms with Crippen LogP contribution in [0.25, 0.3) is 0 Å². The van der Waals surface area contributed by atoms with Crippen molar-refractivity contribution in [3.05, 3.63) is 35.4 Å². The van der Waals surface area contributed by atoms with Gasteiger partial charge in [0.05, 0.1) is 0 Å². The van der Waals surface area contributed by atoms with Crippen LogP contribution < -0.4 is 5.32 Å². The maximum atomic E-state index is 11.8. The fourth-order valence-corrected chi connectivity index (χ4v) is 1.54. The maximum absolute atomic E-state index is 11.8. The number of nitrogens with one attached hydrogen (secondary N) is 1. The number of benzene rings is 1. The first-order chi connectivity index (χ1) is 7.87. The van der Waals surface area contributed by atoms with Crippen LogP contribution in [0.15, 0.2) is 24.3 Å². The molecule has 1 aromatic rings. The molecule has 17 heavy (non-hydrogen) atoms. The highest BCUT2D eigenvalue weighted by molar-refractivity contribution is 5.75. The number of hydroxylamine groups is 2. The summed E-state index contributed by atoms with van der Waals surface area (Å²) in [4.78, 5) is 17.0. The second-order valence-electron chi connectivity index (χ2n) is 5.37. The van der Waals surface area contributed by atoms with E-state index in [0.717, 1.165) is 5.56 Å². The predicted molar refractivity (Wildman–Crippen MR) is 65.1 cm³/mol. The van der Waals surface area contributed by atoms with Gasteiger partial charge in [-0.25, -0.2) is 9.63 Å². The lowest BCUT2D eigenvalue weighted by molar-refractivity contribution is 0.169. The Morgan fingerprint density at radius 2 is 1.88 bits per heavy atom. The lowest BCUT2D eigenvalue weighted by Crippen LogP contribution is -2.43. The van der Waals surface area contributed by atoms with E-state index in [1.54, 1.807) is 0 Å². The molecule has 0 saturated carbocycles. The van der Waals surface area contributed by atoms with Crippen LogP contribution in [-0.4, -0.2) is 16.6 Å². The van der Waals surface area contributed by atoms with Crippen LogP contribution in [0.5, 0.6) is 0 Å². The Bertz CT molecular complexity index is 420. The van der Waals surface area contributed by atoms with E-state index in [4.69, 9.17) is 4.84 Å². The van der Waals surface area contributed by atoms with Gasteiger partial charge in [0.25, 0.3) is 0 Å². The Morgan fingerprint density at radius 1 is 1.29 bits per heavy atom. The summed E-state index contributed by atoms with van der Waals surface area (Å²) in [7, 11) is 0. The topological polar surface area (TPSA) is 44.6 Å². The highest BCUT2D eigenvalue weighted by Gasteiger charge is 2.43. The third-order valence-corrected chi connectivity index (χ3v) is 2.43. The number of aryl methyl sites for hydroxylation is 1. The Labute approximate surface area is 102 Å². The van der Waals surface area contributed by atoms with Gasteiger partial charge < -0.3 is 5.32 Å². The largest absolute Gasteiger partial charge is 0.344 e. The quantitative estimate of drug-likeness (QED) is 0.759. The molecule has 2 rings (SSSR count). The molecule has 1 aromatic carbocycles. The predicted octanol–water partition coefficient (Wildman–Crippen LogP) is 2.75. The molecule has 1 saturated heterocycles. The van der Waals surface area contributed by atoms with E-state index in [1.165, 1.54) is 10.6 Å². The molecule has 1 aliphatic rings. The summed E-state index contributed by atoms with van der Waals surface area (Å²) in [6.45, 7) is 7.85. The number of hydrogen-bond acceptors (Lipinski definition) is 2. The second kappa shape index (κ2) is 4.04. The van der Waals surface area contributed by atoms with Crippen molar-refractivity contribution in [3.63, 3.8) is 0 Å². The van der Waals surface area contributed by atoms with E-state index in [1.807, 2.05) is 52.0 Å². The van der Waals surface area contributed by atoms with Crippen molar-refractivity contribution in [1.29, 1.82) is 0 Å². The van der Waals surface area contributed by atoms with Crippen LogP contribution >= 0.6 is 0 Å². The van der Waals surface area contributed by atoms with Crippen molar-refractivity contribution in [3.8, 4) is 0 Å². The van der Waals surface area contributed by atoms with E-state index >= 15 is 0 Å². The van der Waals surface area contributed by atoms with Crippen LogP contribution in [0.1, 0.15) is 38.1 Å². The number of rotatable bonds is 1. The molecule has 0 spiro atoms. The Morgan fingerprint density at radius 3 is 2.41 bits per heavy atom. The number of urea groups is 1. The lowest BCUT2D eigenvalue weighted by atomic mass is 10.1. The van der Waals surface area contributed by atoms with Gasteiger partial charge in [0.15, 0.2) is 0 Å². The SMILES string of the molecule is Cc1ccc(C2ON2C(=O)NC(C)(C)C)cc1. The molecule has 1 unspecified atom stereocenters. The fraction of sp³-hybridized carbons (Fsp3) is 0.462. The Balaban J connectivity index is 1.96. The van der Waals surface area contributed by atoms with E-state index in [2.05, 4.69) is 5.32 Å². The second-order valence-corrected chi connectivity index (χ2v) is 5.37. The van der Waals surface area contributed by atoms with Crippen LogP contribution in [0, 0.1) is 6.92 Å². The highest BCUT2D eigenvalue weighted by atomic mass is 16.8. The van der Waals surface area contributed by atoms with E-state index in [-0.39, 0.29) is 17.8 Å². The van der Waals surface area contributed by atoms with Crippen LogP contribution in [0.4, 0.5) is 4.79 Å². The zero-order chi connectivity index (χ0) is 12.6. The highest BCUT2D eigenvalue weighted by Crippen LogP contribution is 2.37. The zero-order valence-electron chi connectivity index (χ0n) is 10.7. The van der Waals surface area contributed by atoms with Gasteiger partial charge in [-0.05, 0) is 27.7 Å². The number of amides is 2. The van der Waals surface area contributed by atoms with Crippen molar-refractivity contribution in [2.45, 2.75) is 39.5 Å². The molecule has 1 fully saturated rings. The molecular formula is C13H18N2O2. The molecule has 4 nitrogen and oxygen atoms in total. The first kappa shape index (κ1) is 11.9. The number of hydrogen-bond donors (Lipinski definition) is 1. The minimum atomic E-state index is -0.249. The maximum Gasteiger partial charge on any atom is 0.344 e. The van der Waals surface area contributed by atoms with Gasteiger partial charge in [0, 0.05) is 11.1 Å². The van der Waals surface area contributed by atoms with E-state index in [9.17, 15) is 4.79 Å². The van der Waals surface area contributed by atoms with E-state index in [0.29, 0.717) is 0 Å². The van der Waals surface area contributed by atoms with Gasteiger partial charge in [-0.2, -0.15) is 5.06 Å². The summed E-state index contributed by atoms with van der Waals surface area (Å²) >= 11 is 0. The van der Waals surface area contributed by atoms with E-state index < -0.39 is 0 Å². The third kappa shape index (κ3) is 2.97. The van der Waals surface area contributed by atoms with Crippen LogP contribution in [0.2, 0.25) is 0 Å². The van der Waals surface area contributed by atoms with Crippen LogP contribution in [-0.2, 0) is 4.84 Å². The smallest absolute Gasteiger partial charge is 0.332 e. The average Bonchev–Trinajstić information content (AvgIpc) is 2.96. The van der Waals surface area contributed by atoms with Crippen molar-refractivity contribution in [1.82, 2.24) is 10.4 Å². The first-order valence-corrected chi connectivity index (χ1v) is 5.71. The number of carbonyl (C=O) groups is 1. The molecule has 92 valence electrons. The van der Waals surface area contributed by atoms with Crippen molar-refractivity contribution < 1.29 is 9.63 Å². The molecule has 0 bridgehead atoms. The molecule has 1 atom stereocenters. The molecule has 1 heterocycles. The first-order valence-electron chi connectivity index (χ1n) is 5.71. The average molecular weight is 234 g/mol. The summed E-state index contributed by atoms with van der Waals surface area (Å²) in [5.74, 6) is 0. The van der Waals surface area contributed by atoms with Crippen molar-refractivity contribution in [2.24, 2.45) is 0 Å². The lowest BCUT2D eigenvalue weighted by Gasteiger charge is -2.19. The Hall–Kier alpha value is -1.55. The summed E-state index contributed by atoms with van der Waals surface area (Å²) < 4.78 is 0. The molecular weight excluding hydrogens is 216 g/mol. The molecule has 0 radical (unpaired) electrons. The molecule has 4 heteroatoms. The van der Waals surface area contributed by atoms with Gasteiger partial charge >= 0.3 is 6.03 Å². The van der Waals surface area contributed by atoms with Crippen molar-refractivity contribution in [2.75, 3.05) is 0 Å². The van der Waals surface area contributed by atoms with Gasteiger partial charge in [-0.15, -0.1) is 0 Å². The van der Waals surface area contributed by atoms with Crippen molar-refractivity contribution >= 4 is 6.03 Å².